The lowest BCUT2D eigenvalue weighted by molar-refractivity contribution is 0.137. The minimum atomic E-state index is -0.617. The molecule has 0 saturated carbocycles. The molecule has 5 heteroatoms. The molecule has 1 unspecified atom stereocenters. The molecular formula is C13H17N3O2. The highest BCUT2D eigenvalue weighted by Gasteiger charge is 2.13. The predicted molar refractivity (Wildman–Crippen MR) is 67.4 cm³/mol. The SMILES string of the molecule is C[C@@H](N)CC(C#N)NC(=O)OCc1ccccc1. The van der Waals surface area contributed by atoms with Gasteiger partial charge in [-0.1, -0.05) is 30.3 Å². The Morgan fingerprint density at radius 2 is 2.17 bits per heavy atom. The summed E-state index contributed by atoms with van der Waals surface area (Å²) in [6, 6.07) is 10.5. The van der Waals surface area contributed by atoms with Gasteiger partial charge in [0, 0.05) is 6.04 Å². The smallest absolute Gasteiger partial charge is 0.408 e. The van der Waals surface area contributed by atoms with Gasteiger partial charge in [0.2, 0.25) is 0 Å². The van der Waals surface area contributed by atoms with Crippen molar-refractivity contribution in [3.63, 3.8) is 0 Å². The van der Waals surface area contributed by atoms with Crippen LogP contribution in [0.3, 0.4) is 0 Å². The summed E-state index contributed by atoms with van der Waals surface area (Å²) in [6.07, 6.45) is -0.206. The Labute approximate surface area is 107 Å². The molecular weight excluding hydrogens is 230 g/mol. The first-order valence-corrected chi connectivity index (χ1v) is 5.74. The molecule has 1 amide bonds. The van der Waals surface area contributed by atoms with Crippen LogP contribution in [-0.2, 0) is 11.3 Å². The second kappa shape index (κ2) is 7.30. The summed E-state index contributed by atoms with van der Waals surface area (Å²) in [5.74, 6) is 0. The Bertz CT molecular complexity index is 412. The van der Waals surface area contributed by atoms with Crippen LogP contribution in [0.4, 0.5) is 4.79 Å². The topological polar surface area (TPSA) is 88.1 Å². The molecule has 96 valence electrons. The number of hydrogen-bond acceptors (Lipinski definition) is 4. The van der Waals surface area contributed by atoms with Gasteiger partial charge in [-0.2, -0.15) is 5.26 Å². The summed E-state index contributed by atoms with van der Waals surface area (Å²) >= 11 is 0. The molecule has 2 atom stereocenters. The molecule has 1 rings (SSSR count). The highest BCUT2D eigenvalue weighted by molar-refractivity contribution is 5.68. The van der Waals surface area contributed by atoms with Gasteiger partial charge in [0.15, 0.2) is 0 Å². The molecule has 5 nitrogen and oxygen atoms in total. The number of nitrogens with zero attached hydrogens (tertiary/aromatic N) is 1. The van der Waals surface area contributed by atoms with Crippen LogP contribution in [0, 0.1) is 11.3 Å². The Kier molecular flexibility index (Phi) is 5.68. The van der Waals surface area contributed by atoms with Gasteiger partial charge in [-0.25, -0.2) is 4.79 Å². The van der Waals surface area contributed by atoms with Gasteiger partial charge in [0.1, 0.15) is 12.6 Å². The first-order chi connectivity index (χ1) is 8.61. The number of nitrogens with two attached hydrogens (primary N) is 1. The van der Waals surface area contributed by atoms with E-state index in [0.29, 0.717) is 6.42 Å². The second-order valence-electron chi connectivity index (χ2n) is 4.10. The molecule has 0 heterocycles. The normalized spacial score (nSPS) is 13.2. The van der Waals surface area contributed by atoms with Crippen molar-refractivity contribution in [3.8, 4) is 6.07 Å². The number of carbonyl (C=O) groups is 1. The van der Waals surface area contributed by atoms with Crippen molar-refractivity contribution < 1.29 is 9.53 Å². The van der Waals surface area contributed by atoms with E-state index in [1.54, 1.807) is 6.92 Å². The van der Waals surface area contributed by atoms with Crippen LogP contribution in [0.15, 0.2) is 30.3 Å². The Morgan fingerprint density at radius 3 is 2.72 bits per heavy atom. The highest BCUT2D eigenvalue weighted by Crippen LogP contribution is 2.01. The fourth-order valence-electron chi connectivity index (χ4n) is 1.42. The van der Waals surface area contributed by atoms with Crippen molar-refractivity contribution in [2.75, 3.05) is 0 Å². The van der Waals surface area contributed by atoms with Gasteiger partial charge in [0.05, 0.1) is 6.07 Å². The molecule has 3 N–H and O–H groups in total. The zero-order chi connectivity index (χ0) is 13.4. The average molecular weight is 247 g/mol. The van der Waals surface area contributed by atoms with E-state index in [1.807, 2.05) is 36.4 Å². The molecule has 0 aliphatic heterocycles. The molecule has 0 bridgehead atoms. The van der Waals surface area contributed by atoms with Gasteiger partial charge in [-0.05, 0) is 18.9 Å². The van der Waals surface area contributed by atoms with E-state index in [9.17, 15) is 4.79 Å². The minimum absolute atomic E-state index is 0.149. The van der Waals surface area contributed by atoms with Gasteiger partial charge < -0.3 is 15.8 Å². The van der Waals surface area contributed by atoms with Crippen molar-refractivity contribution in [2.45, 2.75) is 32.0 Å². The fourth-order valence-corrected chi connectivity index (χ4v) is 1.42. The van der Waals surface area contributed by atoms with E-state index in [-0.39, 0.29) is 12.6 Å². The zero-order valence-electron chi connectivity index (χ0n) is 10.3. The molecule has 1 aromatic carbocycles. The van der Waals surface area contributed by atoms with Gasteiger partial charge in [-0.3, -0.25) is 0 Å². The lowest BCUT2D eigenvalue weighted by Crippen LogP contribution is -2.37. The summed E-state index contributed by atoms with van der Waals surface area (Å²) in [7, 11) is 0. The van der Waals surface area contributed by atoms with Crippen molar-refractivity contribution in [3.05, 3.63) is 35.9 Å². The number of carbonyl (C=O) groups excluding carboxylic acids is 1. The largest absolute Gasteiger partial charge is 0.445 e. The maximum atomic E-state index is 11.4. The summed E-state index contributed by atoms with van der Waals surface area (Å²) in [4.78, 5) is 11.4. The number of nitriles is 1. The van der Waals surface area contributed by atoms with Crippen LogP contribution in [0.25, 0.3) is 0 Å². The summed E-state index contributed by atoms with van der Waals surface area (Å²) < 4.78 is 5.00. The van der Waals surface area contributed by atoms with Crippen molar-refractivity contribution in [1.29, 1.82) is 5.26 Å². The molecule has 0 fully saturated rings. The van der Waals surface area contributed by atoms with E-state index in [1.165, 1.54) is 0 Å². The molecule has 0 saturated heterocycles. The Morgan fingerprint density at radius 1 is 1.50 bits per heavy atom. The summed E-state index contributed by atoms with van der Waals surface area (Å²) in [6.45, 7) is 1.96. The molecule has 0 radical (unpaired) electrons. The first-order valence-electron chi connectivity index (χ1n) is 5.74. The van der Waals surface area contributed by atoms with Crippen LogP contribution in [0.1, 0.15) is 18.9 Å². The standard InChI is InChI=1S/C13H17N3O2/c1-10(15)7-12(8-14)16-13(17)18-9-11-5-3-2-4-6-11/h2-6,10,12H,7,9,15H2,1H3,(H,16,17)/t10-,12?/m1/s1. The molecule has 1 aromatic rings. The quantitative estimate of drug-likeness (QED) is 0.826. The Balaban J connectivity index is 2.35. The number of benzene rings is 1. The second-order valence-corrected chi connectivity index (χ2v) is 4.10. The fraction of sp³-hybridized carbons (Fsp3) is 0.385. The molecule has 0 aliphatic rings. The van der Waals surface area contributed by atoms with E-state index in [0.717, 1.165) is 5.56 Å². The van der Waals surface area contributed by atoms with E-state index >= 15 is 0 Å². The number of alkyl carbamates (subject to hydrolysis) is 1. The summed E-state index contributed by atoms with van der Waals surface area (Å²) in [5, 5.41) is 11.3. The van der Waals surface area contributed by atoms with Crippen molar-refractivity contribution >= 4 is 6.09 Å². The third-order valence-electron chi connectivity index (χ3n) is 2.27. The van der Waals surface area contributed by atoms with E-state index in [2.05, 4.69) is 5.32 Å². The van der Waals surface area contributed by atoms with Crippen LogP contribution < -0.4 is 11.1 Å². The molecule has 18 heavy (non-hydrogen) atoms. The van der Waals surface area contributed by atoms with E-state index < -0.39 is 12.1 Å². The molecule has 0 aromatic heterocycles. The Hall–Kier alpha value is -2.06. The number of rotatable bonds is 5. The molecule has 0 spiro atoms. The summed E-state index contributed by atoms with van der Waals surface area (Å²) in [5.41, 5.74) is 6.46. The average Bonchev–Trinajstić information content (AvgIpc) is 2.36. The number of amides is 1. The van der Waals surface area contributed by atoms with Gasteiger partial charge in [0.25, 0.3) is 0 Å². The third kappa shape index (κ3) is 5.32. The van der Waals surface area contributed by atoms with Gasteiger partial charge >= 0.3 is 6.09 Å². The molecule has 0 aliphatic carbocycles. The maximum absolute atomic E-state index is 11.4. The minimum Gasteiger partial charge on any atom is -0.445 e. The van der Waals surface area contributed by atoms with Crippen molar-refractivity contribution in [1.82, 2.24) is 5.32 Å². The van der Waals surface area contributed by atoms with Crippen LogP contribution in [0.5, 0.6) is 0 Å². The van der Waals surface area contributed by atoms with Gasteiger partial charge in [-0.15, -0.1) is 0 Å². The lowest BCUT2D eigenvalue weighted by Gasteiger charge is -2.13. The van der Waals surface area contributed by atoms with Crippen LogP contribution in [0.2, 0.25) is 0 Å². The maximum Gasteiger partial charge on any atom is 0.408 e. The van der Waals surface area contributed by atoms with Crippen LogP contribution >= 0.6 is 0 Å². The lowest BCUT2D eigenvalue weighted by atomic mass is 10.1. The predicted octanol–water partition coefficient (Wildman–Crippen LogP) is 1.54. The van der Waals surface area contributed by atoms with E-state index in [4.69, 9.17) is 15.7 Å². The van der Waals surface area contributed by atoms with Crippen LogP contribution in [-0.4, -0.2) is 18.2 Å². The monoisotopic (exact) mass is 247 g/mol. The number of nitrogens with one attached hydrogen (secondary N) is 1. The first kappa shape index (κ1) is 14.0. The number of ether oxygens (including phenoxy) is 1. The highest BCUT2D eigenvalue weighted by atomic mass is 16.5. The number of hydrogen-bond donors (Lipinski definition) is 2. The van der Waals surface area contributed by atoms with Crippen molar-refractivity contribution in [2.24, 2.45) is 5.73 Å². The zero-order valence-corrected chi connectivity index (χ0v) is 10.3. The third-order valence-corrected chi connectivity index (χ3v) is 2.27.